The molecule has 4 N–H and O–H groups in total. The van der Waals surface area contributed by atoms with E-state index < -0.39 is 0 Å². The van der Waals surface area contributed by atoms with Gasteiger partial charge in [-0.25, -0.2) is 10.8 Å². The SMILES string of the molecule is Cn1cnnc1CNC(=O)c1cccnc1NN. The minimum Gasteiger partial charge on any atom is -0.345 e. The molecule has 0 spiro atoms. The predicted molar refractivity (Wildman–Crippen MR) is 64.2 cm³/mol. The van der Waals surface area contributed by atoms with Crippen LogP contribution in [0.5, 0.6) is 0 Å². The van der Waals surface area contributed by atoms with Gasteiger partial charge in [-0.3, -0.25) is 4.79 Å². The molecule has 0 atom stereocenters. The van der Waals surface area contributed by atoms with Crippen molar-refractivity contribution >= 4 is 11.7 Å². The first-order valence-corrected chi connectivity index (χ1v) is 5.25. The van der Waals surface area contributed by atoms with E-state index >= 15 is 0 Å². The van der Waals surface area contributed by atoms with Gasteiger partial charge in [-0.15, -0.1) is 10.2 Å². The summed E-state index contributed by atoms with van der Waals surface area (Å²) >= 11 is 0. The Morgan fingerprint density at radius 1 is 1.56 bits per heavy atom. The van der Waals surface area contributed by atoms with E-state index in [0.29, 0.717) is 17.2 Å². The van der Waals surface area contributed by atoms with Crippen molar-refractivity contribution < 1.29 is 4.79 Å². The largest absolute Gasteiger partial charge is 0.345 e. The highest BCUT2D eigenvalue weighted by Gasteiger charge is 2.11. The molecule has 2 heterocycles. The lowest BCUT2D eigenvalue weighted by Gasteiger charge is -2.08. The second kappa shape index (κ2) is 5.23. The van der Waals surface area contributed by atoms with Crippen LogP contribution < -0.4 is 16.6 Å². The lowest BCUT2D eigenvalue weighted by atomic mass is 10.2. The molecule has 0 aromatic carbocycles. The quantitative estimate of drug-likeness (QED) is 0.492. The lowest BCUT2D eigenvalue weighted by Crippen LogP contribution is -2.26. The number of nitrogens with zero attached hydrogens (tertiary/aromatic N) is 4. The number of hydrazine groups is 1. The summed E-state index contributed by atoms with van der Waals surface area (Å²) in [5.74, 6) is 5.99. The number of nitrogens with two attached hydrogens (primary N) is 1. The Morgan fingerprint density at radius 3 is 3.06 bits per heavy atom. The summed E-state index contributed by atoms with van der Waals surface area (Å²) in [7, 11) is 1.80. The van der Waals surface area contributed by atoms with Crippen molar-refractivity contribution in [3.63, 3.8) is 0 Å². The van der Waals surface area contributed by atoms with E-state index in [1.807, 2.05) is 0 Å². The lowest BCUT2D eigenvalue weighted by molar-refractivity contribution is 0.0950. The third-order valence-corrected chi connectivity index (χ3v) is 2.40. The van der Waals surface area contributed by atoms with Crippen LogP contribution in [0.1, 0.15) is 16.2 Å². The highest BCUT2D eigenvalue weighted by atomic mass is 16.1. The molecule has 0 aliphatic heterocycles. The summed E-state index contributed by atoms with van der Waals surface area (Å²) in [6.07, 6.45) is 3.12. The Hall–Kier alpha value is -2.48. The van der Waals surface area contributed by atoms with Gasteiger partial charge in [0.1, 0.15) is 6.33 Å². The van der Waals surface area contributed by atoms with Crippen LogP contribution >= 0.6 is 0 Å². The molecule has 0 fully saturated rings. The van der Waals surface area contributed by atoms with Crippen LogP contribution in [0, 0.1) is 0 Å². The van der Waals surface area contributed by atoms with E-state index in [0.717, 1.165) is 0 Å². The van der Waals surface area contributed by atoms with Gasteiger partial charge in [0.25, 0.3) is 5.91 Å². The smallest absolute Gasteiger partial charge is 0.255 e. The maximum Gasteiger partial charge on any atom is 0.255 e. The second-order valence-corrected chi connectivity index (χ2v) is 3.58. The van der Waals surface area contributed by atoms with E-state index in [9.17, 15) is 4.79 Å². The molecule has 0 unspecified atom stereocenters. The van der Waals surface area contributed by atoms with Crippen molar-refractivity contribution in [1.29, 1.82) is 0 Å². The Balaban J connectivity index is 2.06. The summed E-state index contributed by atoms with van der Waals surface area (Å²) in [6.45, 7) is 0.286. The number of carbonyl (C=O) groups is 1. The topological polar surface area (TPSA) is 111 Å². The number of nitrogen functional groups attached to an aromatic ring is 1. The summed E-state index contributed by atoms with van der Waals surface area (Å²) in [5.41, 5.74) is 2.75. The maximum atomic E-state index is 11.9. The molecule has 2 aromatic heterocycles. The molecule has 0 bridgehead atoms. The fraction of sp³-hybridized carbons (Fsp3) is 0.200. The first-order valence-electron chi connectivity index (χ1n) is 5.25. The van der Waals surface area contributed by atoms with Gasteiger partial charge in [0, 0.05) is 13.2 Å². The second-order valence-electron chi connectivity index (χ2n) is 3.58. The zero-order chi connectivity index (χ0) is 13.0. The molecule has 1 amide bonds. The Kier molecular flexibility index (Phi) is 3.49. The summed E-state index contributed by atoms with van der Waals surface area (Å²) in [4.78, 5) is 15.9. The van der Waals surface area contributed by atoms with Crippen molar-refractivity contribution in [2.75, 3.05) is 5.43 Å². The first-order chi connectivity index (χ1) is 8.72. The van der Waals surface area contributed by atoms with Crippen molar-refractivity contribution in [2.45, 2.75) is 6.54 Å². The Labute approximate surface area is 103 Å². The number of hydrogen-bond acceptors (Lipinski definition) is 6. The highest BCUT2D eigenvalue weighted by molar-refractivity contribution is 5.98. The number of amides is 1. The fourth-order valence-corrected chi connectivity index (χ4v) is 1.43. The summed E-state index contributed by atoms with van der Waals surface area (Å²) in [6, 6.07) is 3.30. The van der Waals surface area contributed by atoms with Crippen molar-refractivity contribution in [3.8, 4) is 0 Å². The predicted octanol–water partition coefficient (Wildman–Crippen LogP) is -0.574. The summed E-state index contributed by atoms with van der Waals surface area (Å²) < 4.78 is 1.73. The zero-order valence-corrected chi connectivity index (χ0v) is 9.79. The Morgan fingerprint density at radius 2 is 2.39 bits per heavy atom. The molecule has 2 aromatic rings. The van der Waals surface area contributed by atoms with Crippen molar-refractivity contribution in [2.24, 2.45) is 12.9 Å². The van der Waals surface area contributed by atoms with Crippen LogP contribution in [-0.4, -0.2) is 25.7 Å². The molecule has 0 radical (unpaired) electrons. The number of rotatable bonds is 4. The van der Waals surface area contributed by atoms with Gasteiger partial charge in [-0.1, -0.05) is 0 Å². The van der Waals surface area contributed by atoms with Crippen molar-refractivity contribution in [1.82, 2.24) is 25.1 Å². The normalized spacial score (nSPS) is 10.1. The molecule has 94 valence electrons. The van der Waals surface area contributed by atoms with Gasteiger partial charge in [0.05, 0.1) is 12.1 Å². The number of pyridine rings is 1. The van der Waals surface area contributed by atoms with Gasteiger partial charge in [0.15, 0.2) is 11.6 Å². The van der Waals surface area contributed by atoms with E-state index in [4.69, 9.17) is 5.84 Å². The molecule has 0 aliphatic rings. The monoisotopic (exact) mass is 247 g/mol. The van der Waals surface area contributed by atoms with Crippen molar-refractivity contribution in [3.05, 3.63) is 36.0 Å². The minimum absolute atomic E-state index is 0.279. The van der Waals surface area contributed by atoms with Crippen LogP contribution in [0.25, 0.3) is 0 Å². The number of hydrogen-bond donors (Lipinski definition) is 3. The third kappa shape index (κ3) is 2.43. The number of aromatic nitrogens is 4. The maximum absolute atomic E-state index is 11.9. The first kappa shape index (κ1) is 12.0. The summed E-state index contributed by atoms with van der Waals surface area (Å²) in [5, 5.41) is 10.3. The van der Waals surface area contributed by atoms with E-state index in [1.165, 1.54) is 0 Å². The molecular formula is C10H13N7O. The van der Waals surface area contributed by atoms with Gasteiger partial charge in [-0.2, -0.15) is 0 Å². The average molecular weight is 247 g/mol. The number of nitrogens with one attached hydrogen (secondary N) is 2. The van der Waals surface area contributed by atoms with Crippen LogP contribution in [0.4, 0.5) is 5.82 Å². The molecule has 18 heavy (non-hydrogen) atoms. The number of aryl methyl sites for hydroxylation is 1. The molecule has 0 saturated heterocycles. The van der Waals surface area contributed by atoms with Crippen LogP contribution in [0.2, 0.25) is 0 Å². The standard InChI is InChI=1S/C10H13N7O/c1-17-6-14-16-8(17)5-13-10(18)7-3-2-4-12-9(7)15-11/h2-4,6H,5,11H2,1H3,(H,12,15)(H,13,18). The van der Waals surface area contributed by atoms with Crippen LogP contribution in [0.15, 0.2) is 24.7 Å². The fourth-order valence-electron chi connectivity index (χ4n) is 1.43. The molecule has 0 aliphatic carbocycles. The molecule has 2 rings (SSSR count). The Bertz CT molecular complexity index is 551. The zero-order valence-electron chi connectivity index (χ0n) is 9.79. The van der Waals surface area contributed by atoms with Gasteiger partial charge < -0.3 is 15.3 Å². The molecule has 8 heteroatoms. The number of carbonyl (C=O) groups excluding carboxylic acids is 1. The van der Waals surface area contributed by atoms with Crippen LogP contribution in [0.3, 0.4) is 0 Å². The average Bonchev–Trinajstić information content (AvgIpc) is 2.81. The van der Waals surface area contributed by atoms with Crippen LogP contribution in [-0.2, 0) is 13.6 Å². The minimum atomic E-state index is -0.279. The molecule has 8 nitrogen and oxygen atoms in total. The van der Waals surface area contributed by atoms with E-state index in [1.54, 1.807) is 36.3 Å². The van der Waals surface area contributed by atoms with Gasteiger partial charge in [-0.05, 0) is 12.1 Å². The highest BCUT2D eigenvalue weighted by Crippen LogP contribution is 2.09. The van der Waals surface area contributed by atoms with E-state index in [2.05, 4.69) is 25.9 Å². The molecular weight excluding hydrogens is 234 g/mol. The van der Waals surface area contributed by atoms with Gasteiger partial charge >= 0.3 is 0 Å². The van der Waals surface area contributed by atoms with E-state index in [-0.39, 0.29) is 12.5 Å². The molecule has 0 saturated carbocycles. The third-order valence-electron chi connectivity index (χ3n) is 2.40. The number of anilines is 1. The van der Waals surface area contributed by atoms with Gasteiger partial charge in [0.2, 0.25) is 0 Å².